The molecule has 7 heteroatoms. The molecule has 0 fully saturated rings. The number of aromatic nitrogens is 2. The van der Waals surface area contributed by atoms with Gasteiger partial charge in [-0.15, -0.1) is 0 Å². The molecule has 0 aromatic carbocycles. The first-order valence-corrected chi connectivity index (χ1v) is 6.48. The first-order chi connectivity index (χ1) is 8.45. The van der Waals surface area contributed by atoms with Crippen molar-refractivity contribution in [2.24, 2.45) is 11.0 Å². The van der Waals surface area contributed by atoms with Crippen LogP contribution in [0.4, 0.5) is 0 Å². The van der Waals surface area contributed by atoms with E-state index < -0.39 is 0 Å². The van der Waals surface area contributed by atoms with Gasteiger partial charge >= 0.3 is 0 Å². The minimum absolute atomic E-state index is 0.453. The molecule has 0 aliphatic heterocycles. The molecule has 0 saturated heterocycles. The fourth-order valence-electron chi connectivity index (χ4n) is 1.39. The van der Waals surface area contributed by atoms with Gasteiger partial charge in [0.15, 0.2) is 5.11 Å². The van der Waals surface area contributed by atoms with Crippen molar-refractivity contribution in [1.29, 1.82) is 0 Å². The molecular formula is C11H18ClN5S. The topological polar surface area (TPSA) is 54.2 Å². The van der Waals surface area contributed by atoms with Gasteiger partial charge in [0.1, 0.15) is 5.15 Å². The molecule has 0 aliphatic rings. The molecule has 0 unspecified atom stereocenters. The number of hydrogen-bond donors (Lipinski definition) is 2. The first kappa shape index (κ1) is 14.9. The smallest absolute Gasteiger partial charge is 0.186 e. The van der Waals surface area contributed by atoms with E-state index in [-0.39, 0.29) is 0 Å². The van der Waals surface area contributed by atoms with Crippen LogP contribution in [-0.2, 0) is 6.54 Å². The lowest BCUT2D eigenvalue weighted by atomic mass is 10.2. The summed E-state index contributed by atoms with van der Waals surface area (Å²) >= 11 is 11.2. The molecule has 0 atom stereocenters. The van der Waals surface area contributed by atoms with Gasteiger partial charge in [0.05, 0.1) is 17.5 Å². The van der Waals surface area contributed by atoms with E-state index in [1.807, 2.05) is 6.92 Å². The zero-order valence-corrected chi connectivity index (χ0v) is 12.6. The molecule has 2 N–H and O–H groups in total. The first-order valence-electron chi connectivity index (χ1n) is 5.69. The van der Waals surface area contributed by atoms with Crippen LogP contribution < -0.4 is 10.7 Å². The van der Waals surface area contributed by atoms with Gasteiger partial charge in [0, 0.05) is 13.6 Å². The lowest BCUT2D eigenvalue weighted by Gasteiger charge is -2.05. The summed E-state index contributed by atoms with van der Waals surface area (Å²) in [5.74, 6) is 0.488. The summed E-state index contributed by atoms with van der Waals surface area (Å²) in [5, 5.41) is 12.2. The van der Waals surface area contributed by atoms with E-state index >= 15 is 0 Å². The van der Waals surface area contributed by atoms with Gasteiger partial charge in [0.2, 0.25) is 0 Å². The van der Waals surface area contributed by atoms with E-state index in [9.17, 15) is 0 Å². The SMILES string of the molecule is CNC(=S)N/N=C\c1c(C)nn(CC(C)C)c1Cl. The van der Waals surface area contributed by atoms with E-state index in [0.29, 0.717) is 16.2 Å². The number of thiocarbonyl (C=S) groups is 1. The molecule has 0 radical (unpaired) electrons. The van der Waals surface area contributed by atoms with Gasteiger partial charge in [-0.25, -0.2) is 0 Å². The van der Waals surface area contributed by atoms with Crippen molar-refractivity contribution >= 4 is 35.1 Å². The Bertz CT molecular complexity index is 453. The molecule has 0 bridgehead atoms. The maximum absolute atomic E-state index is 6.26. The minimum atomic E-state index is 0.453. The highest BCUT2D eigenvalue weighted by molar-refractivity contribution is 7.80. The number of nitrogens with zero attached hydrogens (tertiary/aromatic N) is 3. The highest BCUT2D eigenvalue weighted by Crippen LogP contribution is 2.18. The van der Waals surface area contributed by atoms with Crippen molar-refractivity contribution in [3.63, 3.8) is 0 Å². The molecular weight excluding hydrogens is 270 g/mol. The number of nitrogens with one attached hydrogen (secondary N) is 2. The zero-order valence-electron chi connectivity index (χ0n) is 11.0. The number of halogens is 1. The molecule has 0 saturated carbocycles. The summed E-state index contributed by atoms with van der Waals surface area (Å²) < 4.78 is 1.79. The monoisotopic (exact) mass is 287 g/mol. The van der Waals surface area contributed by atoms with Gasteiger partial charge in [-0.2, -0.15) is 10.2 Å². The minimum Gasteiger partial charge on any atom is -0.364 e. The van der Waals surface area contributed by atoms with Gasteiger partial charge in [-0.1, -0.05) is 25.4 Å². The van der Waals surface area contributed by atoms with Crippen LogP contribution in [0.1, 0.15) is 25.1 Å². The third-order valence-corrected chi connectivity index (χ3v) is 2.93. The van der Waals surface area contributed by atoms with Crippen LogP contribution in [0.2, 0.25) is 5.15 Å². The highest BCUT2D eigenvalue weighted by Gasteiger charge is 2.12. The Labute approximate surface area is 118 Å². The summed E-state index contributed by atoms with van der Waals surface area (Å²) in [6, 6.07) is 0. The van der Waals surface area contributed by atoms with E-state index in [4.69, 9.17) is 23.8 Å². The summed E-state index contributed by atoms with van der Waals surface area (Å²) in [7, 11) is 1.73. The lowest BCUT2D eigenvalue weighted by Crippen LogP contribution is -2.28. The average Bonchev–Trinajstić information content (AvgIpc) is 2.55. The largest absolute Gasteiger partial charge is 0.364 e. The second kappa shape index (κ2) is 6.70. The van der Waals surface area contributed by atoms with E-state index in [2.05, 4.69) is 34.8 Å². The third-order valence-electron chi connectivity index (χ3n) is 2.23. The number of hydrogen-bond acceptors (Lipinski definition) is 3. The van der Waals surface area contributed by atoms with Crippen LogP contribution in [0.3, 0.4) is 0 Å². The number of hydrazone groups is 1. The second-order valence-electron chi connectivity index (χ2n) is 4.31. The third kappa shape index (κ3) is 3.96. The number of aryl methyl sites for hydroxylation is 1. The van der Waals surface area contributed by atoms with Crippen LogP contribution in [0, 0.1) is 12.8 Å². The van der Waals surface area contributed by atoms with Crippen LogP contribution in [0.5, 0.6) is 0 Å². The van der Waals surface area contributed by atoms with E-state index in [0.717, 1.165) is 17.8 Å². The maximum Gasteiger partial charge on any atom is 0.186 e. The molecule has 5 nitrogen and oxygen atoms in total. The Morgan fingerprint density at radius 3 is 2.83 bits per heavy atom. The Morgan fingerprint density at radius 1 is 1.61 bits per heavy atom. The molecule has 1 aromatic rings. The maximum atomic E-state index is 6.26. The van der Waals surface area contributed by atoms with Gasteiger partial charge in [0.25, 0.3) is 0 Å². The van der Waals surface area contributed by atoms with Crippen molar-refractivity contribution in [3.05, 3.63) is 16.4 Å². The van der Waals surface area contributed by atoms with Crippen molar-refractivity contribution < 1.29 is 0 Å². The zero-order chi connectivity index (χ0) is 13.7. The number of rotatable bonds is 4. The Hall–Kier alpha value is -1.14. The Morgan fingerprint density at radius 2 is 2.28 bits per heavy atom. The molecule has 1 rings (SSSR count). The van der Waals surface area contributed by atoms with Crippen molar-refractivity contribution in [1.82, 2.24) is 20.5 Å². The summed E-state index contributed by atoms with van der Waals surface area (Å²) in [5.41, 5.74) is 4.34. The molecule has 0 spiro atoms. The molecule has 0 aliphatic carbocycles. The molecule has 18 heavy (non-hydrogen) atoms. The van der Waals surface area contributed by atoms with Crippen LogP contribution in [-0.4, -0.2) is 28.2 Å². The van der Waals surface area contributed by atoms with Crippen molar-refractivity contribution in [2.75, 3.05) is 7.05 Å². The van der Waals surface area contributed by atoms with Crippen molar-refractivity contribution in [3.8, 4) is 0 Å². The standard InChI is InChI=1S/C11H18ClN5S/c1-7(2)6-17-10(12)9(8(3)16-17)5-14-15-11(18)13-4/h5,7H,6H2,1-4H3,(H2,13,15,18)/b14-5-. The van der Waals surface area contributed by atoms with Gasteiger partial charge < -0.3 is 5.32 Å². The molecule has 1 aromatic heterocycles. The summed E-state index contributed by atoms with van der Waals surface area (Å²) in [6.45, 7) is 6.93. The van der Waals surface area contributed by atoms with Gasteiger partial charge in [-0.05, 0) is 25.1 Å². The Balaban J connectivity index is 2.83. The molecule has 1 heterocycles. The van der Waals surface area contributed by atoms with Crippen LogP contribution in [0.15, 0.2) is 5.10 Å². The highest BCUT2D eigenvalue weighted by atomic mass is 35.5. The average molecular weight is 288 g/mol. The van der Waals surface area contributed by atoms with Crippen LogP contribution in [0.25, 0.3) is 0 Å². The fraction of sp³-hybridized carbons (Fsp3) is 0.545. The predicted octanol–water partition coefficient (Wildman–Crippen LogP) is 1.93. The van der Waals surface area contributed by atoms with Gasteiger partial charge in [-0.3, -0.25) is 10.1 Å². The lowest BCUT2D eigenvalue weighted by molar-refractivity contribution is 0.482. The van der Waals surface area contributed by atoms with Crippen molar-refractivity contribution in [2.45, 2.75) is 27.3 Å². The van der Waals surface area contributed by atoms with E-state index in [1.54, 1.807) is 17.9 Å². The predicted molar refractivity (Wildman–Crippen MR) is 79.2 cm³/mol. The Kier molecular flexibility index (Phi) is 5.55. The summed E-state index contributed by atoms with van der Waals surface area (Å²) in [4.78, 5) is 0. The second-order valence-corrected chi connectivity index (χ2v) is 5.08. The molecule has 100 valence electrons. The fourth-order valence-corrected chi connectivity index (χ4v) is 1.74. The summed E-state index contributed by atoms with van der Waals surface area (Å²) in [6.07, 6.45) is 1.63. The van der Waals surface area contributed by atoms with Crippen LogP contribution >= 0.6 is 23.8 Å². The molecule has 0 amide bonds. The quantitative estimate of drug-likeness (QED) is 0.505. The normalized spacial score (nSPS) is 11.2. The van der Waals surface area contributed by atoms with E-state index in [1.165, 1.54) is 0 Å².